The van der Waals surface area contributed by atoms with Crippen molar-refractivity contribution in [3.05, 3.63) is 40.0 Å². The number of rotatable bonds is 3. The van der Waals surface area contributed by atoms with Gasteiger partial charge >= 0.3 is 0 Å². The zero-order valence-corrected chi connectivity index (χ0v) is 13.0. The molecule has 1 atom stereocenters. The zero-order chi connectivity index (χ0) is 13.7. The van der Waals surface area contributed by atoms with Gasteiger partial charge in [0.25, 0.3) is 5.69 Å². The van der Waals surface area contributed by atoms with Crippen molar-refractivity contribution in [3.8, 4) is 11.8 Å². The van der Waals surface area contributed by atoms with Gasteiger partial charge in [0.15, 0.2) is 0 Å². The van der Waals surface area contributed by atoms with E-state index in [0.717, 1.165) is 22.7 Å². The smallest absolute Gasteiger partial charge is 0.249 e. The molecule has 2 rings (SSSR count). The van der Waals surface area contributed by atoms with Gasteiger partial charge in [-0.3, -0.25) is 0 Å². The maximum Gasteiger partial charge on any atom is 0.266 e. The number of aromatic nitrogens is 2. The molecule has 0 aliphatic rings. The summed E-state index contributed by atoms with van der Waals surface area (Å²) >= 11 is 3.48. The zero-order valence-electron chi connectivity index (χ0n) is 11.4. The minimum absolute atomic E-state index is 0.604. The Balaban J connectivity index is 2.05. The Morgan fingerprint density at radius 3 is 2.84 bits per heavy atom. The van der Waals surface area contributed by atoms with Crippen molar-refractivity contribution in [2.75, 3.05) is 0 Å². The van der Waals surface area contributed by atoms with Crippen LogP contribution < -0.4 is 4.98 Å². The monoisotopic (exact) mass is 289 g/mol. The third kappa shape index (κ3) is 4.38. The quantitative estimate of drug-likeness (QED) is 0.638. The summed E-state index contributed by atoms with van der Waals surface area (Å²) in [5.74, 6) is 6.23. The molecule has 0 radical (unpaired) electrons. The third-order valence-electron chi connectivity index (χ3n) is 2.64. The molecule has 0 spiro atoms. The lowest BCUT2D eigenvalue weighted by atomic mass is 10.3. The first kappa shape index (κ1) is 14.1. The molecule has 2 aromatic heterocycles. The van der Waals surface area contributed by atoms with Gasteiger partial charge in [-0.05, 0) is 18.6 Å². The third-order valence-corrected chi connectivity index (χ3v) is 4.67. The molecule has 1 N–H and O–H groups in total. The number of hydrogen-bond donors (Lipinski definition) is 0. The van der Waals surface area contributed by atoms with Gasteiger partial charge in [-0.25, -0.2) is 4.98 Å². The number of nitrogens with one attached hydrogen (secondary N) is 1. The number of H-pyrrole nitrogens is 1. The van der Waals surface area contributed by atoms with Crippen molar-refractivity contribution >= 4 is 23.1 Å². The maximum atomic E-state index is 4.44. The van der Waals surface area contributed by atoms with E-state index in [2.05, 4.69) is 35.7 Å². The molecule has 2 heterocycles. The largest absolute Gasteiger partial charge is 0.266 e. The van der Waals surface area contributed by atoms with Crippen molar-refractivity contribution in [3.63, 3.8) is 0 Å². The first-order valence-corrected chi connectivity index (χ1v) is 8.05. The molecule has 4 heteroatoms. The Morgan fingerprint density at radius 2 is 2.26 bits per heavy atom. The molecule has 0 saturated carbocycles. The summed E-state index contributed by atoms with van der Waals surface area (Å²) < 4.78 is 0. The number of nitrogens with zero attached hydrogens (tertiary/aromatic N) is 1. The number of pyridine rings is 1. The number of thiazole rings is 1. The molecule has 0 bridgehead atoms. The molecule has 1 unspecified atom stereocenters. The van der Waals surface area contributed by atoms with Crippen LogP contribution in [0.15, 0.2) is 28.7 Å². The second-order valence-corrected chi connectivity index (χ2v) is 6.84. The SMILES string of the molecule is CCC(C)Sc1ccc(C#Cc2csc(C)[nH+]2)cn1. The Hall–Kier alpha value is -1.31. The lowest BCUT2D eigenvalue weighted by Crippen LogP contribution is -2.04. The van der Waals surface area contributed by atoms with Crippen LogP contribution >= 0.6 is 23.1 Å². The van der Waals surface area contributed by atoms with Crippen LogP contribution in [-0.2, 0) is 0 Å². The summed E-state index contributed by atoms with van der Waals surface area (Å²) in [5, 5.41) is 4.87. The normalized spacial score (nSPS) is 11.7. The highest BCUT2D eigenvalue weighted by molar-refractivity contribution is 7.99. The second kappa shape index (κ2) is 6.74. The minimum Gasteiger partial charge on any atom is -0.249 e. The molecule has 0 saturated heterocycles. The fourth-order valence-electron chi connectivity index (χ4n) is 1.41. The van der Waals surface area contributed by atoms with Crippen molar-refractivity contribution in [2.24, 2.45) is 0 Å². The number of hydrogen-bond acceptors (Lipinski definition) is 3. The second-order valence-electron chi connectivity index (χ2n) is 4.30. The molecule has 2 aromatic rings. The highest BCUT2D eigenvalue weighted by atomic mass is 32.2. The van der Waals surface area contributed by atoms with Gasteiger partial charge in [-0.15, -0.1) is 11.8 Å². The van der Waals surface area contributed by atoms with Gasteiger partial charge < -0.3 is 0 Å². The van der Waals surface area contributed by atoms with Crippen molar-refractivity contribution < 1.29 is 4.98 Å². The molecular formula is C15H17N2S2+. The Morgan fingerprint density at radius 1 is 1.42 bits per heavy atom. The average molecular weight is 289 g/mol. The lowest BCUT2D eigenvalue weighted by Gasteiger charge is -2.06. The van der Waals surface area contributed by atoms with E-state index in [4.69, 9.17) is 0 Å². The topological polar surface area (TPSA) is 27.0 Å². The number of aryl methyl sites for hydroxylation is 1. The molecule has 0 aromatic carbocycles. The first-order chi connectivity index (χ1) is 9.17. The van der Waals surface area contributed by atoms with Crippen LogP contribution in [0.5, 0.6) is 0 Å². The molecule has 98 valence electrons. The molecule has 0 amide bonds. The standard InChI is InChI=1S/C15H16N2S2/c1-4-11(2)19-15-8-6-13(9-16-15)5-7-14-10-18-12(3)17-14/h6,8-11H,4H2,1-3H3/p+1. The van der Waals surface area contributed by atoms with E-state index in [1.165, 1.54) is 5.01 Å². The van der Waals surface area contributed by atoms with Crippen LogP contribution in [0.1, 0.15) is 36.5 Å². The van der Waals surface area contributed by atoms with E-state index in [-0.39, 0.29) is 0 Å². The van der Waals surface area contributed by atoms with E-state index in [1.54, 1.807) is 23.1 Å². The molecule has 2 nitrogen and oxygen atoms in total. The molecule has 19 heavy (non-hydrogen) atoms. The maximum absolute atomic E-state index is 4.44. The molecule has 0 aliphatic carbocycles. The Bertz CT molecular complexity index is 591. The molecular weight excluding hydrogens is 272 g/mol. The van der Waals surface area contributed by atoms with Crippen molar-refractivity contribution in [2.45, 2.75) is 37.5 Å². The first-order valence-electron chi connectivity index (χ1n) is 6.29. The van der Waals surface area contributed by atoms with Crippen LogP contribution in [0.3, 0.4) is 0 Å². The predicted molar refractivity (Wildman–Crippen MR) is 81.4 cm³/mol. The Labute approximate surface area is 122 Å². The fraction of sp³-hybridized carbons (Fsp3) is 0.333. The molecule has 0 aliphatic heterocycles. The van der Waals surface area contributed by atoms with E-state index in [0.29, 0.717) is 5.25 Å². The van der Waals surface area contributed by atoms with Crippen molar-refractivity contribution in [1.29, 1.82) is 0 Å². The van der Waals surface area contributed by atoms with Crippen LogP contribution in [0.2, 0.25) is 0 Å². The van der Waals surface area contributed by atoms with Crippen LogP contribution in [0.25, 0.3) is 0 Å². The van der Waals surface area contributed by atoms with Crippen LogP contribution in [-0.4, -0.2) is 10.2 Å². The van der Waals surface area contributed by atoms with E-state index in [1.807, 2.05) is 30.6 Å². The van der Waals surface area contributed by atoms with Gasteiger partial charge in [0, 0.05) is 29.9 Å². The highest BCUT2D eigenvalue weighted by Crippen LogP contribution is 2.22. The van der Waals surface area contributed by atoms with Gasteiger partial charge in [0.05, 0.1) is 10.4 Å². The van der Waals surface area contributed by atoms with Gasteiger partial charge in [0.1, 0.15) is 0 Å². The highest BCUT2D eigenvalue weighted by Gasteiger charge is 2.03. The summed E-state index contributed by atoms with van der Waals surface area (Å²) in [6, 6.07) is 4.08. The van der Waals surface area contributed by atoms with Gasteiger partial charge in [-0.1, -0.05) is 31.1 Å². The summed E-state index contributed by atoms with van der Waals surface area (Å²) in [6.45, 7) is 6.45. The van der Waals surface area contributed by atoms with Crippen LogP contribution in [0.4, 0.5) is 0 Å². The number of aromatic amines is 1. The predicted octanol–water partition coefficient (Wildman–Crippen LogP) is 3.56. The van der Waals surface area contributed by atoms with Crippen LogP contribution in [0, 0.1) is 18.8 Å². The van der Waals surface area contributed by atoms with E-state index >= 15 is 0 Å². The van der Waals surface area contributed by atoms with Gasteiger partial charge in [-0.2, -0.15) is 4.98 Å². The summed E-state index contributed by atoms with van der Waals surface area (Å²) in [4.78, 5) is 7.65. The van der Waals surface area contributed by atoms with E-state index < -0.39 is 0 Å². The minimum atomic E-state index is 0.604. The van der Waals surface area contributed by atoms with E-state index in [9.17, 15) is 0 Å². The lowest BCUT2D eigenvalue weighted by molar-refractivity contribution is -0.383. The Kier molecular flexibility index (Phi) is 5.00. The van der Waals surface area contributed by atoms with Gasteiger partial charge in [0.2, 0.25) is 5.01 Å². The average Bonchev–Trinajstić information content (AvgIpc) is 2.83. The fourth-order valence-corrected chi connectivity index (χ4v) is 2.83. The summed E-state index contributed by atoms with van der Waals surface area (Å²) in [7, 11) is 0. The summed E-state index contributed by atoms with van der Waals surface area (Å²) in [6.07, 6.45) is 3.00. The van der Waals surface area contributed by atoms with Crippen molar-refractivity contribution in [1.82, 2.24) is 4.98 Å². The number of thioether (sulfide) groups is 1. The summed E-state index contributed by atoms with van der Waals surface area (Å²) in [5.41, 5.74) is 1.91. The molecule has 0 fully saturated rings.